The average Bonchev–Trinajstić information content (AvgIpc) is 2.84. The molecule has 25 heavy (non-hydrogen) atoms. The molecule has 0 unspecified atom stereocenters. The molecule has 1 aliphatic heterocycles. The molecule has 1 fully saturated rings. The first-order valence-corrected chi connectivity index (χ1v) is 9.29. The van der Waals surface area contributed by atoms with E-state index in [9.17, 15) is 9.59 Å². The van der Waals surface area contributed by atoms with E-state index in [2.05, 4.69) is 0 Å². The first kappa shape index (κ1) is 19.3. The lowest BCUT2D eigenvalue weighted by Gasteiger charge is -2.23. The van der Waals surface area contributed by atoms with Crippen LogP contribution in [0.3, 0.4) is 0 Å². The van der Waals surface area contributed by atoms with Gasteiger partial charge in [-0.2, -0.15) is 0 Å². The van der Waals surface area contributed by atoms with Crippen LogP contribution in [0.25, 0.3) is 0 Å². The van der Waals surface area contributed by atoms with E-state index < -0.39 is 0 Å². The molecule has 5 heteroatoms. The molecule has 1 aromatic carbocycles. The fourth-order valence-electron chi connectivity index (χ4n) is 3.24. The molecular weight excluding hydrogens is 316 g/mol. The normalized spacial score (nSPS) is 15.0. The summed E-state index contributed by atoms with van der Waals surface area (Å²) in [5.74, 6) is 1.09. The van der Waals surface area contributed by atoms with Crippen LogP contribution in [0.4, 0.5) is 0 Å². The lowest BCUT2D eigenvalue weighted by Crippen LogP contribution is -2.37. The van der Waals surface area contributed by atoms with E-state index in [4.69, 9.17) is 4.74 Å². The summed E-state index contributed by atoms with van der Waals surface area (Å²) in [6, 6.07) is 3.87. The van der Waals surface area contributed by atoms with Gasteiger partial charge in [0.05, 0.1) is 6.61 Å². The Morgan fingerprint density at radius 3 is 2.36 bits per heavy atom. The van der Waals surface area contributed by atoms with Gasteiger partial charge in [0.1, 0.15) is 5.75 Å². The summed E-state index contributed by atoms with van der Waals surface area (Å²) in [6.07, 6.45) is 2.28. The van der Waals surface area contributed by atoms with E-state index in [0.29, 0.717) is 32.7 Å². The number of aryl methyl sites for hydroxylation is 2. The van der Waals surface area contributed by atoms with Crippen LogP contribution in [0, 0.1) is 13.8 Å². The Kier molecular flexibility index (Phi) is 6.85. The minimum atomic E-state index is 0.0495. The standard InChI is InChI=1S/C20H30N2O3/c1-5-8-19(23)21-9-7-10-22(12-11-21)20(24)17-13-16(4)18(25-6-2)14-15(17)3/h13-14H,5-12H2,1-4H3. The Balaban J connectivity index is 2.10. The number of carbonyl (C=O) groups is 2. The quantitative estimate of drug-likeness (QED) is 0.823. The molecular formula is C20H30N2O3. The highest BCUT2D eigenvalue weighted by atomic mass is 16.5. The van der Waals surface area contributed by atoms with E-state index >= 15 is 0 Å². The summed E-state index contributed by atoms with van der Waals surface area (Å²) in [4.78, 5) is 28.9. The molecule has 0 atom stereocenters. The molecule has 0 bridgehead atoms. The van der Waals surface area contributed by atoms with Gasteiger partial charge in [-0.3, -0.25) is 9.59 Å². The minimum Gasteiger partial charge on any atom is -0.494 e. The number of hydrogen-bond donors (Lipinski definition) is 0. The molecule has 5 nitrogen and oxygen atoms in total. The third-order valence-electron chi connectivity index (χ3n) is 4.65. The molecule has 138 valence electrons. The molecule has 2 amide bonds. The summed E-state index contributed by atoms with van der Waals surface area (Å²) in [5.41, 5.74) is 2.64. The summed E-state index contributed by atoms with van der Waals surface area (Å²) < 4.78 is 5.61. The van der Waals surface area contributed by atoms with Gasteiger partial charge in [-0.15, -0.1) is 0 Å². The number of ether oxygens (including phenoxy) is 1. The maximum Gasteiger partial charge on any atom is 0.254 e. The third kappa shape index (κ3) is 4.74. The van der Waals surface area contributed by atoms with Gasteiger partial charge >= 0.3 is 0 Å². The fraction of sp³-hybridized carbons (Fsp3) is 0.600. The molecule has 0 aromatic heterocycles. The van der Waals surface area contributed by atoms with E-state index in [1.165, 1.54) is 0 Å². The zero-order valence-electron chi connectivity index (χ0n) is 15.9. The summed E-state index contributed by atoms with van der Waals surface area (Å²) in [7, 11) is 0. The number of nitrogens with zero attached hydrogens (tertiary/aromatic N) is 2. The molecule has 2 rings (SSSR count). The molecule has 0 spiro atoms. The first-order valence-electron chi connectivity index (χ1n) is 9.29. The Labute approximate surface area is 150 Å². The fourth-order valence-corrected chi connectivity index (χ4v) is 3.24. The van der Waals surface area contributed by atoms with Gasteiger partial charge in [0.25, 0.3) is 5.91 Å². The van der Waals surface area contributed by atoms with Crippen LogP contribution in [-0.2, 0) is 4.79 Å². The highest BCUT2D eigenvalue weighted by Crippen LogP contribution is 2.24. The van der Waals surface area contributed by atoms with Gasteiger partial charge in [0.2, 0.25) is 5.91 Å². The van der Waals surface area contributed by atoms with E-state index in [-0.39, 0.29) is 11.8 Å². The molecule has 0 aliphatic carbocycles. The van der Waals surface area contributed by atoms with E-state index in [1.54, 1.807) is 0 Å². The molecule has 1 saturated heterocycles. The van der Waals surface area contributed by atoms with Crippen molar-refractivity contribution in [3.63, 3.8) is 0 Å². The molecule has 0 N–H and O–H groups in total. The summed E-state index contributed by atoms with van der Waals surface area (Å²) >= 11 is 0. The van der Waals surface area contributed by atoms with Crippen molar-refractivity contribution in [3.8, 4) is 5.75 Å². The van der Waals surface area contributed by atoms with Gasteiger partial charge in [-0.1, -0.05) is 6.92 Å². The van der Waals surface area contributed by atoms with Crippen LogP contribution in [-0.4, -0.2) is 54.4 Å². The topological polar surface area (TPSA) is 49.9 Å². The highest BCUT2D eigenvalue weighted by molar-refractivity contribution is 5.96. The highest BCUT2D eigenvalue weighted by Gasteiger charge is 2.23. The van der Waals surface area contributed by atoms with Gasteiger partial charge in [0, 0.05) is 38.2 Å². The summed E-state index contributed by atoms with van der Waals surface area (Å²) in [5, 5.41) is 0. The second-order valence-electron chi connectivity index (χ2n) is 6.64. The number of hydrogen-bond acceptors (Lipinski definition) is 3. The summed E-state index contributed by atoms with van der Waals surface area (Å²) in [6.45, 7) is 11.2. The van der Waals surface area contributed by atoms with Crippen LogP contribution in [0.1, 0.15) is 54.6 Å². The van der Waals surface area contributed by atoms with Crippen LogP contribution in [0.5, 0.6) is 5.75 Å². The van der Waals surface area contributed by atoms with Gasteiger partial charge in [0.15, 0.2) is 0 Å². The van der Waals surface area contributed by atoms with Crippen LogP contribution < -0.4 is 4.74 Å². The molecule has 0 radical (unpaired) electrons. The Hall–Kier alpha value is -2.04. The van der Waals surface area contributed by atoms with E-state index in [0.717, 1.165) is 41.8 Å². The van der Waals surface area contributed by atoms with Crippen molar-refractivity contribution in [2.24, 2.45) is 0 Å². The van der Waals surface area contributed by atoms with Crippen molar-refractivity contribution < 1.29 is 14.3 Å². The molecule has 1 heterocycles. The van der Waals surface area contributed by atoms with Gasteiger partial charge in [-0.25, -0.2) is 0 Å². The predicted molar refractivity (Wildman–Crippen MR) is 99.1 cm³/mol. The molecule has 1 aliphatic rings. The van der Waals surface area contributed by atoms with Crippen molar-refractivity contribution in [1.29, 1.82) is 0 Å². The number of carbonyl (C=O) groups excluding carboxylic acids is 2. The van der Waals surface area contributed by atoms with Crippen molar-refractivity contribution >= 4 is 11.8 Å². The SMILES string of the molecule is CCCC(=O)N1CCCN(C(=O)c2cc(C)c(OCC)cc2C)CC1. The van der Waals surface area contributed by atoms with Crippen molar-refractivity contribution in [1.82, 2.24) is 9.80 Å². The second kappa shape index (κ2) is 8.88. The maximum absolute atomic E-state index is 13.0. The third-order valence-corrected chi connectivity index (χ3v) is 4.65. The number of amides is 2. The maximum atomic E-state index is 13.0. The Morgan fingerprint density at radius 2 is 1.68 bits per heavy atom. The van der Waals surface area contributed by atoms with Crippen LogP contribution in [0.15, 0.2) is 12.1 Å². The smallest absolute Gasteiger partial charge is 0.254 e. The molecule has 1 aromatic rings. The van der Waals surface area contributed by atoms with Crippen molar-refractivity contribution in [2.45, 2.75) is 47.0 Å². The van der Waals surface area contributed by atoms with Crippen LogP contribution in [0.2, 0.25) is 0 Å². The van der Waals surface area contributed by atoms with Gasteiger partial charge < -0.3 is 14.5 Å². The van der Waals surface area contributed by atoms with Crippen LogP contribution >= 0.6 is 0 Å². The van der Waals surface area contributed by atoms with Crippen molar-refractivity contribution in [3.05, 3.63) is 28.8 Å². The molecule has 0 saturated carbocycles. The zero-order chi connectivity index (χ0) is 18.4. The Bertz CT molecular complexity index is 628. The number of rotatable bonds is 5. The van der Waals surface area contributed by atoms with E-state index in [1.807, 2.05) is 49.6 Å². The van der Waals surface area contributed by atoms with Crippen molar-refractivity contribution in [2.75, 3.05) is 32.8 Å². The monoisotopic (exact) mass is 346 g/mol. The Morgan fingerprint density at radius 1 is 1.00 bits per heavy atom. The second-order valence-corrected chi connectivity index (χ2v) is 6.64. The predicted octanol–water partition coefficient (Wildman–Crippen LogP) is 3.18. The number of benzene rings is 1. The lowest BCUT2D eigenvalue weighted by molar-refractivity contribution is -0.131. The first-order chi connectivity index (χ1) is 12.0. The van der Waals surface area contributed by atoms with Gasteiger partial charge in [-0.05, 0) is 56.9 Å². The largest absolute Gasteiger partial charge is 0.494 e. The minimum absolute atomic E-state index is 0.0495. The lowest BCUT2D eigenvalue weighted by atomic mass is 10.0. The zero-order valence-corrected chi connectivity index (χ0v) is 15.9. The average molecular weight is 346 g/mol.